The Bertz CT molecular complexity index is 290. The molecule has 0 unspecified atom stereocenters. The zero-order valence-electron chi connectivity index (χ0n) is 10.2. The van der Waals surface area contributed by atoms with Crippen molar-refractivity contribution in [3.63, 3.8) is 0 Å². The van der Waals surface area contributed by atoms with Crippen LogP contribution in [0.1, 0.15) is 8.30 Å². The van der Waals surface area contributed by atoms with Gasteiger partial charge in [0.1, 0.15) is 0 Å². The minimum Gasteiger partial charge on any atom is -0.383 e. The maximum Gasteiger partial charge on any atom is 0.0589 e. The number of ether oxygens (including phenoxy) is 1. The Balaban J connectivity index is 2.59. The van der Waals surface area contributed by atoms with Gasteiger partial charge >= 0.3 is 0 Å². The smallest absolute Gasteiger partial charge is 0.0589 e. The fraction of sp³-hybridized carbons (Fsp3) is 0.455. The molecule has 0 fully saturated rings. The number of benzene rings is 1. The average molecular weight is 181 g/mol. The number of nitrogens with zero attached hydrogens (tertiary/aromatic N) is 1. The molecular formula is C11H17NO. The van der Waals surface area contributed by atoms with Gasteiger partial charge in [0.15, 0.2) is 0 Å². The second-order valence-electron chi connectivity index (χ2n) is 2.93. The molecule has 0 radical (unpaired) electrons. The molecule has 0 atom stereocenters. The summed E-state index contributed by atoms with van der Waals surface area (Å²) in [7, 11) is 3.26. The van der Waals surface area contributed by atoms with E-state index in [1.165, 1.54) is 7.11 Å². The van der Waals surface area contributed by atoms with Crippen LogP contribution in [-0.2, 0) is 11.3 Å². The quantitative estimate of drug-likeness (QED) is 0.686. The molecule has 0 heterocycles. The zero-order chi connectivity index (χ0) is 11.3. The summed E-state index contributed by atoms with van der Waals surface area (Å²) in [6, 6.07) is 9.83. The predicted octanol–water partition coefficient (Wildman–Crippen LogP) is 1.76. The van der Waals surface area contributed by atoms with Gasteiger partial charge in [0.05, 0.1) is 6.61 Å². The normalized spacial score (nSPS) is 14.1. The number of hydrogen-bond donors (Lipinski definition) is 0. The highest BCUT2D eigenvalue weighted by atomic mass is 16.5. The molecule has 1 aromatic carbocycles. The van der Waals surface area contributed by atoms with Gasteiger partial charge in [-0.25, -0.2) is 0 Å². The molecule has 0 aliphatic heterocycles. The van der Waals surface area contributed by atoms with E-state index in [0.29, 0.717) is 6.54 Å². The van der Waals surface area contributed by atoms with Gasteiger partial charge in [0, 0.05) is 22.9 Å². The molecule has 2 nitrogen and oxygen atoms in total. The zero-order valence-corrected chi connectivity index (χ0v) is 8.16. The Labute approximate surface area is 82.9 Å². The Hall–Kier alpha value is -0.860. The maximum atomic E-state index is 7.75. The minimum atomic E-state index is -1.43. The van der Waals surface area contributed by atoms with Gasteiger partial charge in [-0.05, 0) is 12.6 Å². The summed E-state index contributed by atoms with van der Waals surface area (Å²) in [6.45, 7) is -0.766. The second kappa shape index (κ2) is 5.73. The van der Waals surface area contributed by atoms with Crippen LogP contribution >= 0.6 is 0 Å². The lowest BCUT2D eigenvalue weighted by atomic mass is 10.2. The van der Waals surface area contributed by atoms with Crippen molar-refractivity contribution in [2.45, 2.75) is 6.54 Å². The van der Waals surface area contributed by atoms with Gasteiger partial charge in [-0.2, -0.15) is 0 Å². The van der Waals surface area contributed by atoms with Crippen molar-refractivity contribution >= 4 is 0 Å². The van der Waals surface area contributed by atoms with E-state index in [1.54, 1.807) is 11.9 Å². The summed E-state index contributed by atoms with van der Waals surface area (Å²) in [4.78, 5) is 1.64. The van der Waals surface area contributed by atoms with E-state index in [9.17, 15) is 0 Å². The summed E-state index contributed by atoms with van der Waals surface area (Å²) in [5.41, 5.74) is 1.10. The van der Waals surface area contributed by atoms with Crippen molar-refractivity contribution < 1.29 is 7.48 Å². The number of methoxy groups -OCH3 is 1. The van der Waals surface area contributed by atoms with Gasteiger partial charge in [-0.1, -0.05) is 30.3 Å². The lowest BCUT2D eigenvalue weighted by molar-refractivity contribution is 0.158. The lowest BCUT2D eigenvalue weighted by Crippen LogP contribution is -2.22. The van der Waals surface area contributed by atoms with Crippen LogP contribution in [0, 0.1) is 0 Å². The van der Waals surface area contributed by atoms with Crippen molar-refractivity contribution in [2.75, 3.05) is 27.3 Å². The Morgan fingerprint density at radius 3 is 2.69 bits per heavy atom. The van der Waals surface area contributed by atoms with E-state index >= 15 is 0 Å². The summed E-state index contributed by atoms with van der Waals surface area (Å²) < 4.78 is 20.3. The third-order valence-electron chi connectivity index (χ3n) is 1.74. The topological polar surface area (TPSA) is 12.5 Å². The molecule has 0 amide bonds. The van der Waals surface area contributed by atoms with Gasteiger partial charge in [-0.15, -0.1) is 0 Å². The van der Waals surface area contributed by atoms with Crippen LogP contribution < -0.4 is 0 Å². The van der Waals surface area contributed by atoms with Gasteiger partial charge in [0.25, 0.3) is 0 Å². The molecule has 72 valence electrons. The third-order valence-corrected chi connectivity index (χ3v) is 1.74. The molecule has 0 aliphatic rings. The van der Waals surface area contributed by atoms with E-state index in [0.717, 1.165) is 5.56 Å². The summed E-state index contributed by atoms with van der Waals surface area (Å²) in [5.74, 6) is 0. The molecule has 1 aromatic rings. The van der Waals surface area contributed by atoms with Crippen molar-refractivity contribution in [2.24, 2.45) is 0 Å². The van der Waals surface area contributed by atoms with Gasteiger partial charge in [0.2, 0.25) is 0 Å². The van der Waals surface area contributed by atoms with Crippen molar-refractivity contribution in [1.82, 2.24) is 4.90 Å². The molecule has 0 aliphatic carbocycles. The maximum absolute atomic E-state index is 7.75. The summed E-state index contributed by atoms with van der Waals surface area (Å²) >= 11 is 0. The molecule has 0 bridgehead atoms. The van der Waals surface area contributed by atoms with Crippen LogP contribution in [0.25, 0.3) is 0 Å². The van der Waals surface area contributed by atoms with Gasteiger partial charge in [-0.3, -0.25) is 4.90 Å². The van der Waals surface area contributed by atoms with Crippen LogP contribution in [0.3, 0.4) is 0 Å². The highest BCUT2D eigenvalue weighted by Gasteiger charge is 1.98. The van der Waals surface area contributed by atoms with Crippen LogP contribution in [0.5, 0.6) is 0 Å². The molecule has 0 aromatic heterocycles. The molecule has 13 heavy (non-hydrogen) atoms. The first kappa shape index (κ1) is 7.54. The molecule has 2 heteroatoms. The Morgan fingerprint density at radius 1 is 1.38 bits per heavy atom. The predicted molar refractivity (Wildman–Crippen MR) is 54.7 cm³/mol. The standard InChI is InChI=1S/C11H17NO/c1-12(8-9-13-2)10-11-6-4-3-5-7-11/h3-7H,8-10H2,1-2H3/i8D2. The first-order chi connectivity index (χ1) is 7.06. The second-order valence-corrected chi connectivity index (χ2v) is 2.93. The number of hydrogen-bond acceptors (Lipinski definition) is 2. The molecular weight excluding hydrogens is 162 g/mol. The molecule has 0 spiro atoms. The van der Waals surface area contributed by atoms with Crippen LogP contribution in [-0.4, -0.2) is 32.2 Å². The average Bonchev–Trinajstić information content (AvgIpc) is 2.19. The minimum absolute atomic E-state index is 0.0797. The summed E-state index contributed by atoms with van der Waals surface area (Å²) in [6.07, 6.45) is 0. The fourth-order valence-electron chi connectivity index (χ4n) is 1.09. The van der Waals surface area contributed by atoms with Gasteiger partial charge < -0.3 is 4.74 Å². The first-order valence-electron chi connectivity index (χ1n) is 5.30. The van der Waals surface area contributed by atoms with Crippen LogP contribution in [0.15, 0.2) is 30.3 Å². The first-order valence-corrected chi connectivity index (χ1v) is 4.30. The van der Waals surface area contributed by atoms with E-state index in [4.69, 9.17) is 7.48 Å². The fourth-order valence-corrected chi connectivity index (χ4v) is 1.09. The summed E-state index contributed by atoms with van der Waals surface area (Å²) in [5, 5.41) is 0. The highest BCUT2D eigenvalue weighted by Crippen LogP contribution is 2.01. The molecule has 1 rings (SSSR count). The Kier molecular flexibility index (Phi) is 3.32. The van der Waals surface area contributed by atoms with E-state index in [1.807, 2.05) is 30.3 Å². The molecule has 0 saturated heterocycles. The van der Waals surface area contributed by atoms with Crippen molar-refractivity contribution in [1.29, 1.82) is 0 Å². The van der Waals surface area contributed by atoms with Crippen LogP contribution in [0.2, 0.25) is 0 Å². The Morgan fingerprint density at radius 2 is 2.08 bits per heavy atom. The lowest BCUT2D eigenvalue weighted by Gasteiger charge is -2.15. The monoisotopic (exact) mass is 181 g/mol. The molecule has 0 saturated carbocycles. The van der Waals surface area contributed by atoms with Crippen molar-refractivity contribution in [3.05, 3.63) is 35.9 Å². The van der Waals surface area contributed by atoms with E-state index < -0.39 is 6.50 Å². The largest absolute Gasteiger partial charge is 0.383 e. The number of rotatable bonds is 5. The van der Waals surface area contributed by atoms with Crippen molar-refractivity contribution in [3.8, 4) is 0 Å². The van der Waals surface area contributed by atoms with Crippen LogP contribution in [0.4, 0.5) is 0 Å². The number of likely N-dealkylation sites (N-methyl/N-ethyl adjacent to an activating group) is 1. The third kappa shape index (κ3) is 4.06. The highest BCUT2D eigenvalue weighted by molar-refractivity contribution is 5.14. The van der Waals surface area contributed by atoms with E-state index in [-0.39, 0.29) is 6.61 Å². The van der Waals surface area contributed by atoms with E-state index in [2.05, 4.69) is 0 Å². The SMILES string of the molecule is [2H]C([2H])(COC)N(C)Cc1ccccc1. The molecule has 0 N–H and O–H groups in total.